The molecule has 0 radical (unpaired) electrons. The van der Waals surface area contributed by atoms with Crippen molar-refractivity contribution >= 4 is 32.3 Å². The molecule has 0 aromatic heterocycles. The molecule has 0 saturated heterocycles. The maximum absolute atomic E-state index is 10.00. The van der Waals surface area contributed by atoms with Crippen molar-refractivity contribution in [3.63, 3.8) is 0 Å². The van der Waals surface area contributed by atoms with Crippen LogP contribution in [0.15, 0.2) is 0 Å². The molecule has 2 N–H and O–H groups in total. The molecule has 0 saturated carbocycles. The molecule has 0 aromatic rings. The van der Waals surface area contributed by atoms with E-state index in [4.69, 9.17) is 5.41 Å². The van der Waals surface area contributed by atoms with Crippen molar-refractivity contribution < 1.29 is 4.79 Å². The van der Waals surface area contributed by atoms with Gasteiger partial charge >= 0.3 is 0 Å². The van der Waals surface area contributed by atoms with Crippen LogP contribution in [0.2, 0.25) is 0 Å². The summed E-state index contributed by atoms with van der Waals surface area (Å²) in [5.74, 6) is -0.195. The van der Waals surface area contributed by atoms with Gasteiger partial charge in [-0.25, -0.2) is 0 Å². The minimum atomic E-state index is -0.195. The third-order valence-electron chi connectivity index (χ3n) is 0.286. The molecule has 0 bridgehead atoms. The van der Waals surface area contributed by atoms with Crippen LogP contribution >= 0.6 is 22.6 Å². The molecule has 3 nitrogen and oxygen atoms in total. The minimum absolute atomic E-state index is 0.158. The number of hydrogen-bond acceptors (Lipinski definition) is 2. The van der Waals surface area contributed by atoms with E-state index < -0.39 is 0 Å². The Morgan fingerprint density at radius 2 is 2.29 bits per heavy atom. The average Bonchev–Trinajstić information content (AvgIpc) is 1.27. The Hall–Kier alpha value is -0.130. The number of amides is 1. The summed E-state index contributed by atoms with van der Waals surface area (Å²) in [5, 5.41) is 8.92. The highest BCUT2D eigenvalue weighted by molar-refractivity contribution is 14.1. The molecule has 0 aliphatic heterocycles. The second kappa shape index (κ2) is 2.95. The fraction of sp³-hybridized carbons (Fsp3) is 0.333. The zero-order chi connectivity index (χ0) is 5.86. The van der Waals surface area contributed by atoms with Crippen LogP contribution in [-0.2, 0) is 4.79 Å². The normalized spacial score (nSPS) is 7.71. The highest BCUT2D eigenvalue weighted by Crippen LogP contribution is 1.77. The Kier molecular flexibility index (Phi) is 2.89. The second-order valence-corrected chi connectivity index (χ2v) is 2.07. The molecule has 0 rings (SSSR count). The van der Waals surface area contributed by atoms with E-state index in [1.165, 1.54) is 6.92 Å². The lowest BCUT2D eigenvalue weighted by molar-refractivity contribution is -0.117. The third-order valence-corrected chi connectivity index (χ3v) is 0.555. The van der Waals surface area contributed by atoms with Crippen molar-refractivity contribution in [2.24, 2.45) is 0 Å². The quantitative estimate of drug-likeness (QED) is 0.261. The Balaban J connectivity index is 3.32. The van der Waals surface area contributed by atoms with Gasteiger partial charge in [0.2, 0.25) is 5.91 Å². The van der Waals surface area contributed by atoms with E-state index in [1.807, 2.05) is 0 Å². The topological polar surface area (TPSA) is 53.0 Å². The molecule has 7 heavy (non-hydrogen) atoms. The first-order valence-corrected chi connectivity index (χ1v) is 2.72. The van der Waals surface area contributed by atoms with Crippen LogP contribution in [0.4, 0.5) is 0 Å². The molecule has 0 fully saturated rings. The van der Waals surface area contributed by atoms with Gasteiger partial charge in [-0.2, -0.15) is 0 Å². The summed E-state index contributed by atoms with van der Waals surface area (Å²) in [5.41, 5.74) is 0. The van der Waals surface area contributed by atoms with Crippen molar-refractivity contribution in [1.29, 1.82) is 5.41 Å². The van der Waals surface area contributed by atoms with Gasteiger partial charge in [0.15, 0.2) is 3.84 Å². The van der Waals surface area contributed by atoms with Gasteiger partial charge in [0.25, 0.3) is 0 Å². The van der Waals surface area contributed by atoms with Gasteiger partial charge in [-0.1, -0.05) is 0 Å². The summed E-state index contributed by atoms with van der Waals surface area (Å²) in [6.07, 6.45) is 0. The maximum Gasteiger partial charge on any atom is 0.222 e. The van der Waals surface area contributed by atoms with Crippen molar-refractivity contribution in [2.45, 2.75) is 6.92 Å². The first-order chi connectivity index (χ1) is 3.13. The lowest BCUT2D eigenvalue weighted by Gasteiger charge is -1.90. The summed E-state index contributed by atoms with van der Waals surface area (Å²) in [7, 11) is 0. The van der Waals surface area contributed by atoms with Crippen LogP contribution in [-0.4, -0.2) is 9.75 Å². The van der Waals surface area contributed by atoms with E-state index in [-0.39, 0.29) is 9.75 Å². The number of amidine groups is 1. The van der Waals surface area contributed by atoms with Gasteiger partial charge < -0.3 is 5.32 Å². The predicted octanol–water partition coefficient (Wildman–Crippen LogP) is 0.492. The van der Waals surface area contributed by atoms with Crippen LogP contribution < -0.4 is 5.32 Å². The van der Waals surface area contributed by atoms with Gasteiger partial charge in [0.1, 0.15) is 0 Å². The summed E-state index contributed by atoms with van der Waals surface area (Å²) in [6, 6.07) is 0. The third kappa shape index (κ3) is 5.87. The Morgan fingerprint density at radius 3 is 2.29 bits per heavy atom. The highest BCUT2D eigenvalue weighted by Gasteiger charge is 1.88. The predicted molar refractivity (Wildman–Crippen MR) is 35.6 cm³/mol. The van der Waals surface area contributed by atoms with Crippen LogP contribution in [0.1, 0.15) is 6.92 Å². The molecular formula is C3H5IN2O. The van der Waals surface area contributed by atoms with E-state index in [1.54, 1.807) is 22.6 Å². The minimum Gasteiger partial charge on any atom is -0.306 e. The number of carbonyl (C=O) groups excluding carboxylic acids is 1. The largest absolute Gasteiger partial charge is 0.306 e. The summed E-state index contributed by atoms with van der Waals surface area (Å²) in [4.78, 5) is 10.00. The Labute approximate surface area is 55.1 Å². The van der Waals surface area contributed by atoms with Crippen molar-refractivity contribution in [3.05, 3.63) is 0 Å². The van der Waals surface area contributed by atoms with Gasteiger partial charge in [-0.15, -0.1) is 0 Å². The summed E-state index contributed by atoms with van der Waals surface area (Å²) >= 11 is 1.71. The number of rotatable bonds is 0. The van der Waals surface area contributed by atoms with Gasteiger partial charge in [0, 0.05) is 6.92 Å². The van der Waals surface area contributed by atoms with Crippen molar-refractivity contribution in [2.75, 3.05) is 0 Å². The summed E-state index contributed by atoms with van der Waals surface area (Å²) < 4.78 is 0.158. The zero-order valence-electron chi connectivity index (χ0n) is 3.79. The molecular weight excluding hydrogens is 207 g/mol. The van der Waals surface area contributed by atoms with Crippen LogP contribution in [0.5, 0.6) is 0 Å². The Bertz CT molecular complexity index is 89.1. The van der Waals surface area contributed by atoms with Crippen LogP contribution in [0, 0.1) is 5.41 Å². The second-order valence-electron chi connectivity index (χ2n) is 0.995. The van der Waals surface area contributed by atoms with E-state index in [9.17, 15) is 4.79 Å². The first kappa shape index (κ1) is 6.87. The van der Waals surface area contributed by atoms with Gasteiger partial charge in [-0.05, 0) is 22.6 Å². The van der Waals surface area contributed by atoms with E-state index in [2.05, 4.69) is 5.32 Å². The lowest BCUT2D eigenvalue weighted by Crippen LogP contribution is -2.21. The molecule has 40 valence electrons. The van der Waals surface area contributed by atoms with E-state index in [0.29, 0.717) is 0 Å². The number of nitrogens with one attached hydrogen (secondary N) is 2. The maximum atomic E-state index is 10.00. The van der Waals surface area contributed by atoms with Crippen LogP contribution in [0.3, 0.4) is 0 Å². The molecule has 0 heterocycles. The molecule has 0 atom stereocenters. The van der Waals surface area contributed by atoms with Gasteiger partial charge in [-0.3, -0.25) is 10.2 Å². The Morgan fingerprint density at radius 1 is 1.86 bits per heavy atom. The monoisotopic (exact) mass is 212 g/mol. The highest BCUT2D eigenvalue weighted by atomic mass is 127. The van der Waals surface area contributed by atoms with E-state index in [0.717, 1.165) is 0 Å². The number of halogens is 1. The number of hydrogen-bond donors (Lipinski definition) is 2. The zero-order valence-corrected chi connectivity index (χ0v) is 5.94. The van der Waals surface area contributed by atoms with Gasteiger partial charge in [0.05, 0.1) is 0 Å². The van der Waals surface area contributed by atoms with E-state index >= 15 is 0 Å². The fourth-order valence-corrected chi connectivity index (χ4v) is 0.534. The smallest absolute Gasteiger partial charge is 0.222 e. The SMILES string of the molecule is CC(=O)NC(=N)I. The standard InChI is InChI=1S/C3H5IN2O/c1-2(7)6-3(4)5/h1H3,(H2,5,6,7). The van der Waals surface area contributed by atoms with Crippen molar-refractivity contribution in [3.8, 4) is 0 Å². The number of carbonyl (C=O) groups is 1. The first-order valence-electron chi connectivity index (χ1n) is 1.64. The molecule has 0 aliphatic carbocycles. The fourth-order valence-electron chi connectivity index (χ4n) is 0.155. The molecule has 0 aromatic carbocycles. The summed E-state index contributed by atoms with van der Waals surface area (Å²) in [6.45, 7) is 1.37. The van der Waals surface area contributed by atoms with Crippen molar-refractivity contribution in [1.82, 2.24) is 5.32 Å². The molecule has 0 spiro atoms. The molecule has 0 aliphatic rings. The average molecular weight is 212 g/mol. The molecule has 0 unspecified atom stereocenters. The van der Waals surface area contributed by atoms with Crippen LogP contribution in [0.25, 0.3) is 0 Å². The lowest BCUT2D eigenvalue weighted by atomic mass is 10.7. The molecule has 1 amide bonds. The molecule has 4 heteroatoms.